The quantitative estimate of drug-likeness (QED) is 0.504. The van der Waals surface area contributed by atoms with Crippen LogP contribution in [0.1, 0.15) is 35.7 Å². The molecule has 34 heavy (non-hydrogen) atoms. The van der Waals surface area contributed by atoms with Crippen molar-refractivity contribution in [3.05, 3.63) is 87.7 Å². The van der Waals surface area contributed by atoms with Gasteiger partial charge in [-0.1, -0.05) is 41.4 Å². The van der Waals surface area contributed by atoms with Crippen LogP contribution < -0.4 is 14.8 Å². The Morgan fingerprint density at radius 1 is 1.03 bits per heavy atom. The van der Waals surface area contributed by atoms with E-state index in [1.165, 1.54) is 0 Å². The maximum Gasteiger partial charge on any atom is 0.231 e. The molecular formula is C26H25Cl2N3O3. The van der Waals surface area contributed by atoms with Crippen molar-refractivity contribution in [2.24, 2.45) is 5.92 Å². The Morgan fingerprint density at radius 2 is 1.85 bits per heavy atom. The van der Waals surface area contributed by atoms with Gasteiger partial charge in [-0.3, -0.25) is 14.7 Å². The van der Waals surface area contributed by atoms with Crippen LogP contribution in [-0.4, -0.2) is 35.7 Å². The Morgan fingerprint density at radius 3 is 2.62 bits per heavy atom. The van der Waals surface area contributed by atoms with Crippen molar-refractivity contribution in [2.75, 3.05) is 19.9 Å². The van der Waals surface area contributed by atoms with Crippen LogP contribution in [0.4, 0.5) is 0 Å². The third-order valence-electron chi connectivity index (χ3n) is 6.35. The number of fused-ring (bicyclic) bond motifs is 1. The number of aromatic nitrogens is 1. The minimum Gasteiger partial charge on any atom is -0.454 e. The Balaban J connectivity index is 1.25. The molecule has 6 nitrogen and oxygen atoms in total. The van der Waals surface area contributed by atoms with Crippen LogP contribution in [0.2, 0.25) is 10.0 Å². The molecule has 0 saturated carbocycles. The molecule has 1 amide bonds. The van der Waals surface area contributed by atoms with E-state index in [2.05, 4.69) is 15.2 Å². The van der Waals surface area contributed by atoms with Crippen LogP contribution in [-0.2, 0) is 11.3 Å². The van der Waals surface area contributed by atoms with Crippen LogP contribution in [0.15, 0.2) is 60.8 Å². The predicted molar refractivity (Wildman–Crippen MR) is 131 cm³/mol. The molecule has 3 aromatic rings. The number of carbonyl (C=O) groups excluding carboxylic acids is 1. The fourth-order valence-corrected chi connectivity index (χ4v) is 4.80. The average molecular weight is 498 g/mol. The Labute approximate surface area is 208 Å². The van der Waals surface area contributed by atoms with Gasteiger partial charge in [0.25, 0.3) is 0 Å². The van der Waals surface area contributed by atoms with Crippen LogP contribution >= 0.6 is 23.2 Å². The second kappa shape index (κ2) is 10.2. The summed E-state index contributed by atoms with van der Waals surface area (Å²) in [6.07, 6.45) is 3.33. The van der Waals surface area contributed by atoms with E-state index >= 15 is 0 Å². The smallest absolute Gasteiger partial charge is 0.231 e. The number of pyridine rings is 1. The Kier molecular flexibility index (Phi) is 6.90. The summed E-state index contributed by atoms with van der Waals surface area (Å²) in [7, 11) is 0. The number of benzene rings is 2. The summed E-state index contributed by atoms with van der Waals surface area (Å²) in [6.45, 7) is 2.69. The molecule has 1 saturated heterocycles. The fourth-order valence-electron chi connectivity index (χ4n) is 4.48. The number of piperidine rings is 1. The molecule has 1 atom stereocenters. The zero-order valence-corrected chi connectivity index (χ0v) is 20.1. The second-order valence-electron chi connectivity index (χ2n) is 8.61. The van der Waals surface area contributed by atoms with Gasteiger partial charge < -0.3 is 14.8 Å². The van der Waals surface area contributed by atoms with Crippen molar-refractivity contribution in [2.45, 2.75) is 25.4 Å². The van der Waals surface area contributed by atoms with Gasteiger partial charge in [-0.05, 0) is 73.5 Å². The van der Waals surface area contributed by atoms with E-state index in [1.54, 1.807) is 6.20 Å². The van der Waals surface area contributed by atoms with Crippen molar-refractivity contribution >= 4 is 29.1 Å². The van der Waals surface area contributed by atoms with Gasteiger partial charge in [0.15, 0.2) is 11.5 Å². The number of hydrogen-bond donors (Lipinski definition) is 1. The minimum atomic E-state index is -0.363. The standard InChI is InChI=1S/C26H25Cl2N3O3/c27-20-6-4-17(13-21(20)28)15-31-11-8-18(9-12-31)26(32)30-25(22-3-1-2-10-29-22)19-5-7-23-24(14-19)34-16-33-23/h1-7,10,13-14,18,25H,8-9,11-12,15-16H2,(H,30,32). The summed E-state index contributed by atoms with van der Waals surface area (Å²) in [4.78, 5) is 20.1. The molecule has 176 valence electrons. The van der Waals surface area contributed by atoms with Gasteiger partial charge in [0, 0.05) is 18.7 Å². The fraction of sp³-hybridized carbons (Fsp3) is 0.308. The topological polar surface area (TPSA) is 63.7 Å². The normalized spacial score (nSPS) is 16.9. The molecule has 2 aliphatic heterocycles. The number of halogens is 2. The zero-order valence-electron chi connectivity index (χ0n) is 18.5. The highest BCUT2D eigenvalue weighted by atomic mass is 35.5. The molecule has 2 aliphatic rings. The van der Waals surface area contributed by atoms with Crippen molar-refractivity contribution in [1.82, 2.24) is 15.2 Å². The molecular weight excluding hydrogens is 473 g/mol. The first-order valence-corrected chi connectivity index (χ1v) is 12.1. The van der Waals surface area contributed by atoms with Crippen LogP contribution in [0.3, 0.4) is 0 Å². The number of carbonyl (C=O) groups is 1. The van der Waals surface area contributed by atoms with Crippen LogP contribution in [0, 0.1) is 5.92 Å². The number of hydrogen-bond acceptors (Lipinski definition) is 5. The maximum absolute atomic E-state index is 13.3. The molecule has 2 aromatic carbocycles. The number of nitrogens with one attached hydrogen (secondary N) is 1. The van der Waals surface area contributed by atoms with Gasteiger partial charge in [-0.25, -0.2) is 0 Å². The molecule has 0 spiro atoms. The highest BCUT2D eigenvalue weighted by Crippen LogP contribution is 2.35. The average Bonchev–Trinajstić information content (AvgIpc) is 3.34. The third-order valence-corrected chi connectivity index (χ3v) is 7.09. The first-order chi connectivity index (χ1) is 16.6. The van der Waals surface area contributed by atoms with E-state index in [9.17, 15) is 4.79 Å². The highest BCUT2D eigenvalue weighted by molar-refractivity contribution is 6.42. The Hall–Kier alpha value is -2.80. The van der Waals surface area contributed by atoms with Gasteiger partial charge in [0.05, 0.1) is 21.8 Å². The van der Waals surface area contributed by atoms with E-state index in [-0.39, 0.29) is 24.7 Å². The lowest BCUT2D eigenvalue weighted by atomic mass is 9.94. The lowest BCUT2D eigenvalue weighted by molar-refractivity contribution is -0.127. The number of ether oxygens (including phenoxy) is 2. The van der Waals surface area contributed by atoms with Crippen LogP contribution in [0.25, 0.3) is 0 Å². The monoisotopic (exact) mass is 497 g/mol. The first-order valence-electron chi connectivity index (χ1n) is 11.3. The maximum atomic E-state index is 13.3. The molecule has 3 heterocycles. The van der Waals surface area contributed by atoms with Gasteiger partial charge in [-0.15, -0.1) is 0 Å². The molecule has 1 N–H and O–H groups in total. The molecule has 5 rings (SSSR count). The predicted octanol–water partition coefficient (Wildman–Crippen LogP) is 5.23. The number of nitrogens with zero attached hydrogens (tertiary/aromatic N) is 2. The summed E-state index contributed by atoms with van der Waals surface area (Å²) in [5.41, 5.74) is 2.82. The van der Waals surface area contributed by atoms with E-state index in [4.69, 9.17) is 32.7 Å². The molecule has 1 aromatic heterocycles. The highest BCUT2D eigenvalue weighted by Gasteiger charge is 2.28. The molecule has 8 heteroatoms. The third kappa shape index (κ3) is 5.14. The summed E-state index contributed by atoms with van der Waals surface area (Å²) >= 11 is 12.2. The van der Waals surface area contributed by atoms with Crippen LogP contribution in [0.5, 0.6) is 11.5 Å². The second-order valence-corrected chi connectivity index (χ2v) is 9.42. The molecule has 1 unspecified atom stereocenters. The van der Waals surface area contributed by atoms with Gasteiger partial charge >= 0.3 is 0 Å². The summed E-state index contributed by atoms with van der Waals surface area (Å²) < 4.78 is 11.0. The SMILES string of the molecule is O=C(NC(c1ccc2c(c1)OCO2)c1ccccn1)C1CCN(Cc2ccc(Cl)c(Cl)c2)CC1. The number of amides is 1. The lowest BCUT2D eigenvalue weighted by Gasteiger charge is -2.32. The van der Waals surface area contributed by atoms with Gasteiger partial charge in [0.2, 0.25) is 12.7 Å². The zero-order chi connectivity index (χ0) is 23.5. The largest absolute Gasteiger partial charge is 0.454 e. The summed E-state index contributed by atoms with van der Waals surface area (Å²) in [6, 6.07) is 16.8. The first kappa shape index (κ1) is 23.0. The summed E-state index contributed by atoms with van der Waals surface area (Å²) in [5.74, 6) is 1.39. The molecule has 1 fully saturated rings. The van der Waals surface area contributed by atoms with E-state index in [0.29, 0.717) is 21.5 Å². The van der Waals surface area contributed by atoms with E-state index in [1.807, 2.05) is 54.6 Å². The van der Waals surface area contributed by atoms with Crippen molar-refractivity contribution in [3.8, 4) is 11.5 Å². The lowest BCUT2D eigenvalue weighted by Crippen LogP contribution is -2.41. The number of likely N-dealkylation sites (tertiary alicyclic amines) is 1. The van der Waals surface area contributed by atoms with Crippen molar-refractivity contribution < 1.29 is 14.3 Å². The van der Waals surface area contributed by atoms with Gasteiger partial charge in [-0.2, -0.15) is 0 Å². The Bertz CT molecular complexity index is 1170. The van der Waals surface area contributed by atoms with E-state index in [0.717, 1.165) is 49.3 Å². The van der Waals surface area contributed by atoms with Crippen molar-refractivity contribution in [1.29, 1.82) is 0 Å². The summed E-state index contributed by atoms with van der Waals surface area (Å²) in [5, 5.41) is 4.37. The number of rotatable bonds is 6. The molecule has 0 radical (unpaired) electrons. The molecule has 0 bridgehead atoms. The molecule has 0 aliphatic carbocycles. The van der Waals surface area contributed by atoms with Crippen molar-refractivity contribution in [3.63, 3.8) is 0 Å². The van der Waals surface area contributed by atoms with Gasteiger partial charge in [0.1, 0.15) is 0 Å². The van der Waals surface area contributed by atoms with E-state index < -0.39 is 0 Å². The minimum absolute atomic E-state index is 0.0440.